The van der Waals surface area contributed by atoms with Crippen LogP contribution >= 0.6 is 0 Å². The monoisotopic (exact) mass is 1350 g/mol. The summed E-state index contributed by atoms with van der Waals surface area (Å²) in [5.74, 6) is -3.70. The van der Waals surface area contributed by atoms with E-state index >= 15 is 0 Å². The van der Waals surface area contributed by atoms with Crippen molar-refractivity contribution in [2.45, 2.75) is 200 Å². The van der Waals surface area contributed by atoms with Gasteiger partial charge in [0.1, 0.15) is 47.5 Å². The second-order valence-corrected chi connectivity index (χ2v) is 28.3. The van der Waals surface area contributed by atoms with Crippen molar-refractivity contribution in [3.8, 4) is 0 Å². The van der Waals surface area contributed by atoms with Crippen LogP contribution in [0.4, 0.5) is 0 Å². The molecule has 0 unspecified atom stereocenters. The third-order valence-corrected chi connectivity index (χ3v) is 17.3. The fourth-order valence-electron chi connectivity index (χ4n) is 11.7. The van der Waals surface area contributed by atoms with Gasteiger partial charge in [-0.3, -0.25) is 52.8 Å². The van der Waals surface area contributed by atoms with Gasteiger partial charge in [0.15, 0.2) is 11.6 Å². The molecule has 0 spiro atoms. The van der Waals surface area contributed by atoms with Crippen LogP contribution in [0, 0.1) is 23.7 Å². The summed E-state index contributed by atoms with van der Waals surface area (Å²) in [4.78, 5) is 137. The van der Waals surface area contributed by atoms with E-state index in [1.165, 1.54) is 6.92 Å². The molecule has 0 aromatic heterocycles. The van der Waals surface area contributed by atoms with Crippen molar-refractivity contribution in [3.05, 3.63) is 144 Å². The highest BCUT2D eigenvalue weighted by Gasteiger charge is 2.51. The number of amides is 8. The number of nitrogens with zero attached hydrogens (tertiary/aromatic N) is 1. The summed E-state index contributed by atoms with van der Waals surface area (Å²) in [5.41, 5.74) is 1.84. The van der Waals surface area contributed by atoms with Crippen LogP contribution in [0.1, 0.15) is 137 Å². The highest BCUT2D eigenvalue weighted by Crippen LogP contribution is 2.31. The zero-order chi connectivity index (χ0) is 71.5. The summed E-state index contributed by atoms with van der Waals surface area (Å²) in [6, 6.07) is 30.6. The van der Waals surface area contributed by atoms with Gasteiger partial charge in [0.25, 0.3) is 0 Å². The second kappa shape index (κ2) is 38.8. The molecule has 98 heavy (non-hydrogen) atoms. The minimum atomic E-state index is -1.03. The van der Waals surface area contributed by atoms with Crippen molar-refractivity contribution in [1.82, 2.24) is 47.4 Å². The molecule has 3 heterocycles. The first-order valence-electron chi connectivity index (χ1n) is 34.8. The Balaban J connectivity index is 0.000000312. The standard InChI is InChI=1S/C40H57N5O7.C36H50N4O6/c1-27(2)22-32(36(47)40(5)26-52-40)42-39(50)34(24-30-14-10-7-11-15-30)44-38(49)33(23-28(3)4)43-37(48)31(17-16-29-12-8-6-9-13-29)41-35(46)25-45-18-20-51-21-19-45;1-23(2)19-29(32(42)36(6)22-46-36)38-35(45)31(21-27-15-11-8-12-16-27)40-34(44)30(20-24(3)4)39-33(43)28(37-25(5)41)18-17-26-13-9-7-10-14-26/h6-15,27-28,31-34H,16-26H2,1-5H3,(H,41,46)(H,42,50)(H,43,48)(H,44,49);7-16,23-24,28-31H,17-22H2,1-6H3,(H,37,41)(H,38,45)(H,39,43)(H,40,44)/t31-,32-,33-,34-,40+;28-,29-,30-,31-,36+/m00/s1. The number of carbonyl (C=O) groups is 10. The Hall–Kier alpha value is -8.18. The molecular formula is C76H107N9O13. The van der Waals surface area contributed by atoms with Gasteiger partial charge in [-0.25, -0.2) is 0 Å². The largest absolute Gasteiger partial charge is 0.379 e. The molecule has 3 aliphatic heterocycles. The number of aryl methyl sites for hydroxylation is 2. The van der Waals surface area contributed by atoms with Gasteiger partial charge in [0.2, 0.25) is 47.3 Å². The SMILES string of the molecule is CC(=O)N[C@@H](CCc1ccccc1)C(=O)N[C@@H](CC(C)C)C(=O)N[C@@H](Cc1ccccc1)C(=O)N[C@@H](CC(C)C)C(=O)[C@@]1(C)CO1.CC(C)C[C@H](NC(=O)[C@H](CCc1ccccc1)NC(=O)CN1CCOCC1)C(=O)N[C@@H](Cc1ccccc1)C(=O)N[C@@H](CC(C)C)C(=O)[C@@]1(C)CO1. The van der Waals surface area contributed by atoms with Gasteiger partial charge in [-0.1, -0.05) is 177 Å². The zero-order valence-electron chi connectivity index (χ0n) is 59.3. The first-order valence-corrected chi connectivity index (χ1v) is 34.8. The zero-order valence-corrected chi connectivity index (χ0v) is 59.3. The molecule has 0 saturated carbocycles. The van der Waals surface area contributed by atoms with Crippen LogP contribution in [0.5, 0.6) is 0 Å². The van der Waals surface area contributed by atoms with Gasteiger partial charge < -0.3 is 56.7 Å². The average molecular weight is 1350 g/mol. The molecule has 8 amide bonds. The highest BCUT2D eigenvalue weighted by molar-refractivity contribution is 6.00. The van der Waals surface area contributed by atoms with E-state index in [0.29, 0.717) is 90.9 Å². The summed E-state index contributed by atoms with van der Waals surface area (Å²) < 4.78 is 16.2. The van der Waals surface area contributed by atoms with Gasteiger partial charge in [0, 0.05) is 32.9 Å². The number of ether oxygens (including phenoxy) is 3. The molecule has 0 aliphatic carbocycles. The maximum absolute atomic E-state index is 14.1. The van der Waals surface area contributed by atoms with Crippen LogP contribution in [0.15, 0.2) is 121 Å². The lowest BCUT2D eigenvalue weighted by Crippen LogP contribution is -2.59. The molecule has 534 valence electrons. The van der Waals surface area contributed by atoms with Crippen LogP contribution in [0.3, 0.4) is 0 Å². The normalized spacial score (nSPS) is 18.9. The fourth-order valence-corrected chi connectivity index (χ4v) is 11.7. The predicted molar refractivity (Wildman–Crippen MR) is 375 cm³/mol. The van der Waals surface area contributed by atoms with E-state index < -0.39 is 95.0 Å². The summed E-state index contributed by atoms with van der Waals surface area (Å²) in [5, 5.41) is 23.0. The highest BCUT2D eigenvalue weighted by atomic mass is 16.6. The Morgan fingerprint density at radius 2 is 0.673 bits per heavy atom. The van der Waals surface area contributed by atoms with Crippen molar-refractivity contribution in [2.75, 3.05) is 46.1 Å². The van der Waals surface area contributed by atoms with Crippen molar-refractivity contribution >= 4 is 58.8 Å². The second-order valence-electron chi connectivity index (χ2n) is 28.3. The van der Waals surface area contributed by atoms with Crippen LogP contribution in [-0.4, -0.2) is 169 Å². The number of hydrogen-bond acceptors (Lipinski definition) is 14. The number of nitrogens with one attached hydrogen (secondary N) is 8. The van der Waals surface area contributed by atoms with Gasteiger partial charge in [-0.15, -0.1) is 0 Å². The van der Waals surface area contributed by atoms with E-state index in [1.54, 1.807) is 13.8 Å². The third-order valence-electron chi connectivity index (χ3n) is 17.3. The van der Waals surface area contributed by atoms with Crippen LogP contribution < -0.4 is 42.5 Å². The summed E-state index contributed by atoms with van der Waals surface area (Å²) in [6.45, 7) is 23.5. The topological polar surface area (TPSA) is 304 Å². The molecule has 7 rings (SSSR count). The quantitative estimate of drug-likeness (QED) is 0.0244. The fraction of sp³-hybridized carbons (Fsp3) is 0.553. The number of ketones is 2. The first-order chi connectivity index (χ1) is 46.6. The Morgan fingerprint density at radius 3 is 1.00 bits per heavy atom. The third kappa shape index (κ3) is 27.3. The lowest BCUT2D eigenvalue weighted by atomic mass is 9.93. The Bertz CT molecular complexity index is 3230. The molecule has 10 atom stereocenters. The molecule has 3 aliphatic rings. The van der Waals surface area contributed by atoms with Gasteiger partial charge in [-0.05, 0) is 111 Å². The molecule has 4 aromatic rings. The average Bonchev–Trinajstić information content (AvgIpc) is 1.64. The number of epoxide rings is 2. The number of morpholine rings is 1. The maximum Gasteiger partial charge on any atom is 0.243 e. The molecule has 22 nitrogen and oxygen atoms in total. The molecule has 3 fully saturated rings. The number of hydrogen-bond donors (Lipinski definition) is 8. The molecule has 0 radical (unpaired) electrons. The Labute approximate surface area is 579 Å². The lowest BCUT2D eigenvalue weighted by molar-refractivity contribution is -0.135. The van der Waals surface area contributed by atoms with E-state index in [1.807, 2.05) is 182 Å². The van der Waals surface area contributed by atoms with E-state index in [2.05, 4.69) is 42.5 Å². The summed E-state index contributed by atoms with van der Waals surface area (Å²) in [7, 11) is 0. The Kier molecular flexibility index (Phi) is 31.2. The van der Waals surface area contributed by atoms with Crippen molar-refractivity contribution < 1.29 is 62.2 Å². The van der Waals surface area contributed by atoms with Crippen LogP contribution in [0.2, 0.25) is 0 Å². The molecule has 4 aromatic carbocycles. The van der Waals surface area contributed by atoms with Gasteiger partial charge in [0.05, 0.1) is 45.1 Å². The van der Waals surface area contributed by atoms with E-state index in [-0.39, 0.29) is 66.4 Å². The van der Waals surface area contributed by atoms with Crippen LogP contribution in [-0.2, 0) is 87.8 Å². The lowest BCUT2D eigenvalue weighted by Gasteiger charge is -2.29. The first kappa shape index (κ1) is 78.8. The molecule has 3 saturated heterocycles. The number of carbonyl (C=O) groups excluding carboxylic acids is 10. The molecular weight excluding hydrogens is 1250 g/mol. The minimum absolute atomic E-state index is 0.0171. The molecule has 0 bridgehead atoms. The molecule has 8 N–H and O–H groups in total. The van der Waals surface area contributed by atoms with E-state index in [4.69, 9.17) is 14.2 Å². The number of benzene rings is 4. The smallest absolute Gasteiger partial charge is 0.243 e. The maximum atomic E-state index is 14.1. The number of rotatable bonds is 38. The molecule has 22 heteroatoms. The minimum Gasteiger partial charge on any atom is -0.379 e. The van der Waals surface area contributed by atoms with Crippen molar-refractivity contribution in [1.29, 1.82) is 0 Å². The van der Waals surface area contributed by atoms with Crippen LogP contribution in [0.25, 0.3) is 0 Å². The van der Waals surface area contributed by atoms with Gasteiger partial charge in [-0.2, -0.15) is 0 Å². The van der Waals surface area contributed by atoms with Crippen molar-refractivity contribution in [3.63, 3.8) is 0 Å². The Morgan fingerprint density at radius 1 is 0.388 bits per heavy atom. The van der Waals surface area contributed by atoms with Crippen molar-refractivity contribution in [2.24, 2.45) is 23.7 Å². The predicted octanol–water partition coefficient (Wildman–Crippen LogP) is 5.85. The van der Waals surface area contributed by atoms with E-state index in [0.717, 1.165) is 22.3 Å². The van der Waals surface area contributed by atoms with Gasteiger partial charge >= 0.3 is 0 Å². The summed E-state index contributed by atoms with van der Waals surface area (Å²) in [6.07, 6.45) is 3.58. The van der Waals surface area contributed by atoms with E-state index in [9.17, 15) is 47.9 Å². The number of Topliss-reactive ketones (excluding diaryl/α,β-unsaturated/α-hetero) is 2. The summed E-state index contributed by atoms with van der Waals surface area (Å²) >= 11 is 0.